The van der Waals surface area contributed by atoms with E-state index in [2.05, 4.69) is 23.8 Å². The van der Waals surface area contributed by atoms with Crippen molar-refractivity contribution in [1.29, 1.82) is 0 Å². The minimum Gasteiger partial charge on any atom is -0.378 e. The van der Waals surface area contributed by atoms with Crippen molar-refractivity contribution in [2.24, 2.45) is 11.8 Å². The van der Waals surface area contributed by atoms with Crippen LogP contribution >= 0.6 is 0 Å². The van der Waals surface area contributed by atoms with Gasteiger partial charge in [-0.2, -0.15) is 9.97 Å². The number of hydrogen-bond donors (Lipinski definition) is 1. The fourth-order valence-electron chi connectivity index (χ4n) is 3.33. The predicted octanol–water partition coefficient (Wildman–Crippen LogP) is 2.30. The Bertz CT molecular complexity index is 565. The van der Waals surface area contributed by atoms with Crippen molar-refractivity contribution in [1.82, 2.24) is 9.97 Å². The lowest BCUT2D eigenvalue weighted by Gasteiger charge is -2.35. The van der Waals surface area contributed by atoms with E-state index in [4.69, 9.17) is 5.73 Å². The van der Waals surface area contributed by atoms with Gasteiger partial charge in [0.1, 0.15) is 0 Å². The molecule has 0 amide bonds. The first-order valence-corrected chi connectivity index (χ1v) is 8.19. The van der Waals surface area contributed by atoms with Crippen LogP contribution in [-0.4, -0.2) is 41.1 Å². The normalized spacial score (nSPS) is 21.3. The molecule has 0 unspecified atom stereocenters. The maximum Gasteiger partial charge on any atom is 0.353 e. The van der Waals surface area contributed by atoms with E-state index in [1.165, 1.54) is 0 Å². The van der Waals surface area contributed by atoms with Gasteiger partial charge in [-0.15, -0.1) is 0 Å². The van der Waals surface area contributed by atoms with Gasteiger partial charge in [0.05, 0.1) is 4.92 Å². The first-order valence-electron chi connectivity index (χ1n) is 8.19. The molecule has 1 aliphatic rings. The molecule has 2 atom stereocenters. The first-order chi connectivity index (χ1) is 10.9. The lowest BCUT2D eigenvalue weighted by Crippen LogP contribution is -2.40. The van der Waals surface area contributed by atoms with Crippen LogP contribution in [0.15, 0.2) is 0 Å². The minimum absolute atomic E-state index is 0.0622. The monoisotopic (exact) mass is 322 g/mol. The molecule has 1 fully saturated rings. The molecular formula is C15H26N6O2. The van der Waals surface area contributed by atoms with Gasteiger partial charge in [0.2, 0.25) is 17.6 Å². The summed E-state index contributed by atoms with van der Waals surface area (Å²) in [6.07, 6.45) is 1.12. The van der Waals surface area contributed by atoms with E-state index in [0.29, 0.717) is 23.6 Å². The minimum atomic E-state index is -0.472. The Morgan fingerprint density at radius 2 is 1.83 bits per heavy atom. The number of piperidine rings is 1. The number of nitro groups is 1. The summed E-state index contributed by atoms with van der Waals surface area (Å²) in [5, 5.41) is 11.5. The molecule has 1 aromatic rings. The number of nitrogens with zero attached hydrogens (tertiary/aromatic N) is 5. The quantitative estimate of drug-likeness (QED) is 0.655. The Morgan fingerprint density at radius 1 is 1.26 bits per heavy atom. The third kappa shape index (κ3) is 3.62. The smallest absolute Gasteiger partial charge is 0.353 e. The lowest BCUT2D eigenvalue weighted by molar-refractivity contribution is -0.383. The van der Waals surface area contributed by atoms with Crippen LogP contribution in [0.2, 0.25) is 0 Å². The van der Waals surface area contributed by atoms with Crippen LogP contribution in [0.3, 0.4) is 0 Å². The van der Waals surface area contributed by atoms with Crippen molar-refractivity contribution in [2.75, 3.05) is 41.7 Å². The van der Waals surface area contributed by atoms with Crippen molar-refractivity contribution in [3.63, 3.8) is 0 Å². The van der Waals surface area contributed by atoms with Gasteiger partial charge in [-0.1, -0.05) is 13.8 Å². The highest BCUT2D eigenvalue weighted by Gasteiger charge is 2.32. The third-order valence-electron chi connectivity index (χ3n) is 4.28. The van der Waals surface area contributed by atoms with Gasteiger partial charge in [0.25, 0.3) is 0 Å². The van der Waals surface area contributed by atoms with Crippen LogP contribution in [0.25, 0.3) is 0 Å². The summed E-state index contributed by atoms with van der Waals surface area (Å²) in [6.45, 7) is 11.2. The first kappa shape index (κ1) is 17.2. The molecule has 2 heterocycles. The number of anilines is 3. The van der Waals surface area contributed by atoms with E-state index in [9.17, 15) is 10.1 Å². The van der Waals surface area contributed by atoms with Crippen molar-refractivity contribution >= 4 is 23.3 Å². The molecule has 8 heteroatoms. The Hall–Kier alpha value is -2.12. The number of aromatic nitrogens is 2. The molecule has 0 radical (unpaired) electrons. The highest BCUT2D eigenvalue weighted by molar-refractivity contribution is 5.71. The van der Waals surface area contributed by atoms with Gasteiger partial charge >= 0.3 is 5.69 Å². The van der Waals surface area contributed by atoms with Crippen molar-refractivity contribution < 1.29 is 4.92 Å². The van der Waals surface area contributed by atoms with Crippen LogP contribution in [0.4, 0.5) is 23.3 Å². The summed E-state index contributed by atoms with van der Waals surface area (Å²) in [5.41, 5.74) is 5.72. The van der Waals surface area contributed by atoms with E-state index >= 15 is 0 Å². The fourth-order valence-corrected chi connectivity index (χ4v) is 3.33. The molecule has 1 aliphatic heterocycles. The van der Waals surface area contributed by atoms with Crippen LogP contribution in [-0.2, 0) is 0 Å². The van der Waals surface area contributed by atoms with Gasteiger partial charge in [-0.25, -0.2) is 0 Å². The van der Waals surface area contributed by atoms with E-state index < -0.39 is 4.92 Å². The molecule has 2 N–H and O–H groups in total. The molecule has 1 saturated heterocycles. The zero-order valence-corrected chi connectivity index (χ0v) is 14.3. The van der Waals surface area contributed by atoms with Crippen LogP contribution < -0.4 is 15.5 Å². The molecule has 0 aliphatic carbocycles. The summed E-state index contributed by atoms with van der Waals surface area (Å²) in [5.74, 6) is 1.67. The Balaban J connectivity index is 2.51. The third-order valence-corrected chi connectivity index (χ3v) is 4.28. The highest BCUT2D eigenvalue weighted by Crippen LogP contribution is 2.35. The van der Waals surface area contributed by atoms with Crippen molar-refractivity contribution in [3.05, 3.63) is 10.1 Å². The SMILES string of the molecule is CCN(CC)c1nc(N)c([N+](=O)[O-])c(N2C[C@@H](C)C[C@H](C)C2)n1. The van der Waals surface area contributed by atoms with E-state index in [-0.39, 0.29) is 11.5 Å². The molecule has 0 spiro atoms. The maximum atomic E-state index is 11.5. The lowest BCUT2D eigenvalue weighted by atomic mass is 9.92. The summed E-state index contributed by atoms with van der Waals surface area (Å²) in [4.78, 5) is 23.6. The molecule has 0 bridgehead atoms. The van der Waals surface area contributed by atoms with Gasteiger partial charge < -0.3 is 15.5 Å². The highest BCUT2D eigenvalue weighted by atomic mass is 16.6. The standard InChI is InChI=1S/C15H26N6O2/c1-5-19(6-2)15-17-13(16)12(21(22)23)14(18-15)20-8-10(3)7-11(4)9-20/h10-11H,5-9H2,1-4H3,(H2,16,17,18)/t10-,11-/m0/s1. The molecule has 23 heavy (non-hydrogen) atoms. The number of hydrogen-bond acceptors (Lipinski definition) is 7. The summed E-state index contributed by atoms with van der Waals surface area (Å²) < 4.78 is 0. The van der Waals surface area contributed by atoms with Crippen LogP contribution in [0.5, 0.6) is 0 Å². The molecule has 8 nitrogen and oxygen atoms in total. The van der Waals surface area contributed by atoms with Gasteiger partial charge in [0.15, 0.2) is 0 Å². The Labute approximate surface area is 136 Å². The van der Waals surface area contributed by atoms with Gasteiger partial charge in [-0.3, -0.25) is 10.1 Å². The summed E-state index contributed by atoms with van der Waals surface area (Å²) >= 11 is 0. The van der Waals surface area contributed by atoms with Gasteiger partial charge in [0, 0.05) is 26.2 Å². The second kappa shape index (κ2) is 6.97. The van der Waals surface area contributed by atoms with Gasteiger partial charge in [-0.05, 0) is 32.1 Å². The molecular weight excluding hydrogens is 296 g/mol. The molecule has 0 saturated carbocycles. The fraction of sp³-hybridized carbons (Fsp3) is 0.733. The predicted molar refractivity (Wildman–Crippen MR) is 91.8 cm³/mol. The van der Waals surface area contributed by atoms with E-state index in [1.54, 1.807) is 0 Å². The Kier molecular flexibility index (Phi) is 5.23. The van der Waals surface area contributed by atoms with Crippen LogP contribution in [0, 0.1) is 22.0 Å². The average molecular weight is 322 g/mol. The second-order valence-electron chi connectivity index (χ2n) is 6.36. The number of nitrogen functional groups attached to an aromatic ring is 1. The maximum absolute atomic E-state index is 11.5. The second-order valence-corrected chi connectivity index (χ2v) is 6.36. The molecule has 0 aromatic carbocycles. The van der Waals surface area contributed by atoms with Crippen LogP contribution in [0.1, 0.15) is 34.1 Å². The number of nitrogens with two attached hydrogens (primary N) is 1. The summed E-state index contributed by atoms with van der Waals surface area (Å²) in [7, 11) is 0. The van der Waals surface area contributed by atoms with E-state index in [1.807, 2.05) is 23.6 Å². The van der Waals surface area contributed by atoms with E-state index in [0.717, 1.165) is 32.6 Å². The average Bonchev–Trinajstić information content (AvgIpc) is 2.46. The number of rotatable bonds is 5. The van der Waals surface area contributed by atoms with Crippen molar-refractivity contribution in [3.8, 4) is 0 Å². The zero-order valence-electron chi connectivity index (χ0n) is 14.3. The molecule has 1 aromatic heterocycles. The topological polar surface area (TPSA) is 101 Å². The molecule has 128 valence electrons. The van der Waals surface area contributed by atoms with Crippen molar-refractivity contribution in [2.45, 2.75) is 34.1 Å². The molecule has 2 rings (SSSR count). The Morgan fingerprint density at radius 3 is 2.30 bits per heavy atom. The largest absolute Gasteiger partial charge is 0.378 e. The zero-order chi connectivity index (χ0) is 17.1. The summed E-state index contributed by atoms with van der Waals surface area (Å²) in [6, 6.07) is 0.